The van der Waals surface area contributed by atoms with Crippen LogP contribution in [0.25, 0.3) is 0 Å². The molecule has 1 aromatic heterocycles. The summed E-state index contributed by atoms with van der Waals surface area (Å²) in [5.41, 5.74) is 0.946. The van der Waals surface area contributed by atoms with E-state index in [0.29, 0.717) is 6.61 Å². The lowest BCUT2D eigenvalue weighted by Crippen LogP contribution is -2.18. The Kier molecular flexibility index (Phi) is 7.90. The summed E-state index contributed by atoms with van der Waals surface area (Å²) in [6.07, 6.45) is 4.55. The maximum atomic E-state index is 5.49. The minimum atomic E-state index is 0.702. The van der Waals surface area contributed by atoms with Crippen molar-refractivity contribution in [3.63, 3.8) is 0 Å². The second-order valence-corrected chi connectivity index (χ2v) is 3.61. The molecule has 0 atom stereocenters. The van der Waals surface area contributed by atoms with Crippen LogP contribution < -0.4 is 5.32 Å². The SMILES string of the molecule is CC#CCCNCCCOCCc1c[nH]nn1. The van der Waals surface area contributed by atoms with Gasteiger partial charge in [-0.3, -0.25) is 5.10 Å². The number of aromatic amines is 1. The Balaban J connectivity index is 1.79. The number of H-pyrrole nitrogens is 1. The normalized spacial score (nSPS) is 9.94. The Morgan fingerprint density at radius 1 is 1.41 bits per heavy atom. The summed E-state index contributed by atoms with van der Waals surface area (Å²) in [5, 5.41) is 13.5. The van der Waals surface area contributed by atoms with Crippen molar-refractivity contribution >= 4 is 0 Å². The van der Waals surface area contributed by atoms with Gasteiger partial charge in [-0.25, -0.2) is 0 Å². The molecular weight excluding hydrogens is 216 g/mol. The van der Waals surface area contributed by atoms with E-state index in [-0.39, 0.29) is 0 Å². The predicted molar refractivity (Wildman–Crippen MR) is 66.5 cm³/mol. The lowest BCUT2D eigenvalue weighted by molar-refractivity contribution is 0.134. The van der Waals surface area contributed by atoms with Crippen molar-refractivity contribution in [2.75, 3.05) is 26.3 Å². The van der Waals surface area contributed by atoms with E-state index in [4.69, 9.17) is 4.74 Å². The van der Waals surface area contributed by atoms with Gasteiger partial charge in [0.05, 0.1) is 12.3 Å². The number of rotatable bonds is 9. The minimum absolute atomic E-state index is 0.702. The summed E-state index contributed by atoms with van der Waals surface area (Å²) in [6, 6.07) is 0. The third-order valence-corrected chi connectivity index (χ3v) is 2.22. The van der Waals surface area contributed by atoms with Crippen molar-refractivity contribution < 1.29 is 4.74 Å². The summed E-state index contributed by atoms with van der Waals surface area (Å²) in [5.74, 6) is 5.89. The topological polar surface area (TPSA) is 62.8 Å². The second kappa shape index (κ2) is 9.82. The lowest BCUT2D eigenvalue weighted by Gasteiger charge is -2.03. The number of nitrogens with one attached hydrogen (secondary N) is 2. The molecule has 5 heteroatoms. The van der Waals surface area contributed by atoms with Crippen LogP contribution in [0.1, 0.15) is 25.5 Å². The van der Waals surface area contributed by atoms with Gasteiger partial charge in [-0.2, -0.15) is 0 Å². The van der Waals surface area contributed by atoms with Crippen LogP contribution in [0.4, 0.5) is 0 Å². The minimum Gasteiger partial charge on any atom is -0.381 e. The molecule has 1 rings (SSSR count). The molecule has 5 nitrogen and oxygen atoms in total. The third-order valence-electron chi connectivity index (χ3n) is 2.22. The van der Waals surface area contributed by atoms with Gasteiger partial charge < -0.3 is 10.1 Å². The molecule has 0 aromatic carbocycles. The molecule has 1 aromatic rings. The van der Waals surface area contributed by atoms with Crippen molar-refractivity contribution in [2.45, 2.75) is 26.2 Å². The maximum Gasteiger partial charge on any atom is 0.0847 e. The van der Waals surface area contributed by atoms with Gasteiger partial charge in [-0.1, -0.05) is 5.21 Å². The standard InChI is InChI=1S/C12H20N4O/c1-2-3-4-7-13-8-5-9-17-10-6-12-11-14-16-15-12/h11,13H,4-10H2,1H3,(H,14,15,16). The average Bonchev–Trinajstić information content (AvgIpc) is 2.85. The van der Waals surface area contributed by atoms with E-state index < -0.39 is 0 Å². The van der Waals surface area contributed by atoms with Gasteiger partial charge in [0, 0.05) is 32.2 Å². The highest BCUT2D eigenvalue weighted by Crippen LogP contribution is 1.91. The molecule has 0 saturated carbocycles. The van der Waals surface area contributed by atoms with Crippen LogP contribution in [0.3, 0.4) is 0 Å². The molecule has 1 heterocycles. The largest absolute Gasteiger partial charge is 0.381 e. The number of aromatic nitrogens is 3. The Hall–Kier alpha value is -1.38. The number of nitrogens with zero attached hydrogens (tertiary/aromatic N) is 2. The monoisotopic (exact) mass is 236 g/mol. The Morgan fingerprint density at radius 2 is 2.35 bits per heavy atom. The highest BCUT2D eigenvalue weighted by Gasteiger charge is 1.95. The molecule has 0 aliphatic heterocycles. The molecule has 0 unspecified atom stereocenters. The number of hydrogen-bond acceptors (Lipinski definition) is 4. The fourth-order valence-corrected chi connectivity index (χ4v) is 1.33. The molecule has 17 heavy (non-hydrogen) atoms. The number of hydrogen-bond donors (Lipinski definition) is 2. The summed E-state index contributed by atoms with van der Waals surface area (Å²) in [4.78, 5) is 0. The first-order chi connectivity index (χ1) is 8.43. The van der Waals surface area contributed by atoms with Gasteiger partial charge in [0.15, 0.2) is 0 Å². The Bertz CT molecular complexity index is 326. The van der Waals surface area contributed by atoms with Gasteiger partial charge >= 0.3 is 0 Å². The Morgan fingerprint density at radius 3 is 3.12 bits per heavy atom. The van der Waals surface area contributed by atoms with E-state index in [1.807, 2.05) is 6.92 Å². The summed E-state index contributed by atoms with van der Waals surface area (Å²) in [6.45, 7) is 5.29. The van der Waals surface area contributed by atoms with Gasteiger partial charge in [0.2, 0.25) is 0 Å². The van der Waals surface area contributed by atoms with Crippen LogP contribution in [-0.2, 0) is 11.2 Å². The van der Waals surface area contributed by atoms with Crippen molar-refractivity contribution in [3.05, 3.63) is 11.9 Å². The van der Waals surface area contributed by atoms with E-state index in [0.717, 1.165) is 44.7 Å². The van der Waals surface area contributed by atoms with E-state index in [2.05, 4.69) is 32.6 Å². The van der Waals surface area contributed by atoms with Crippen molar-refractivity contribution in [2.24, 2.45) is 0 Å². The van der Waals surface area contributed by atoms with E-state index in [1.165, 1.54) is 0 Å². The third kappa shape index (κ3) is 7.50. The molecule has 2 N–H and O–H groups in total. The zero-order valence-electron chi connectivity index (χ0n) is 10.3. The number of ether oxygens (including phenoxy) is 1. The Labute approximate surface area is 102 Å². The van der Waals surface area contributed by atoms with Crippen molar-refractivity contribution in [1.29, 1.82) is 0 Å². The molecule has 0 aliphatic rings. The highest BCUT2D eigenvalue weighted by atomic mass is 16.5. The van der Waals surface area contributed by atoms with Gasteiger partial charge in [0.1, 0.15) is 0 Å². The molecule has 0 spiro atoms. The fraction of sp³-hybridized carbons (Fsp3) is 0.667. The predicted octanol–water partition coefficient (Wildman–Crippen LogP) is 0.757. The zero-order chi connectivity index (χ0) is 12.2. The van der Waals surface area contributed by atoms with Crippen molar-refractivity contribution in [3.8, 4) is 11.8 Å². The average molecular weight is 236 g/mol. The van der Waals surface area contributed by atoms with Crippen LogP contribution in [0.2, 0.25) is 0 Å². The first-order valence-electron chi connectivity index (χ1n) is 5.97. The molecule has 0 saturated heterocycles. The van der Waals surface area contributed by atoms with E-state index in [1.54, 1.807) is 6.20 Å². The summed E-state index contributed by atoms with van der Waals surface area (Å²) < 4.78 is 5.49. The van der Waals surface area contributed by atoms with Crippen LogP contribution in [0.5, 0.6) is 0 Å². The smallest absolute Gasteiger partial charge is 0.0847 e. The molecule has 0 aliphatic carbocycles. The summed E-state index contributed by atoms with van der Waals surface area (Å²) in [7, 11) is 0. The van der Waals surface area contributed by atoms with Crippen LogP contribution in [0, 0.1) is 11.8 Å². The quantitative estimate of drug-likeness (QED) is 0.491. The molecule has 94 valence electrons. The van der Waals surface area contributed by atoms with Crippen LogP contribution in [-0.4, -0.2) is 41.7 Å². The summed E-state index contributed by atoms with van der Waals surface area (Å²) >= 11 is 0. The fourth-order valence-electron chi connectivity index (χ4n) is 1.33. The lowest BCUT2D eigenvalue weighted by atomic mass is 10.3. The van der Waals surface area contributed by atoms with E-state index >= 15 is 0 Å². The van der Waals surface area contributed by atoms with E-state index in [9.17, 15) is 0 Å². The zero-order valence-corrected chi connectivity index (χ0v) is 10.3. The first-order valence-corrected chi connectivity index (χ1v) is 5.97. The van der Waals surface area contributed by atoms with Crippen molar-refractivity contribution in [1.82, 2.24) is 20.7 Å². The van der Waals surface area contributed by atoms with Gasteiger partial charge in [0.25, 0.3) is 0 Å². The van der Waals surface area contributed by atoms with Crippen LogP contribution >= 0.6 is 0 Å². The maximum absolute atomic E-state index is 5.49. The molecule has 0 amide bonds. The second-order valence-electron chi connectivity index (χ2n) is 3.61. The first kappa shape index (κ1) is 13.7. The molecule has 0 bridgehead atoms. The van der Waals surface area contributed by atoms with Crippen LogP contribution in [0.15, 0.2) is 6.20 Å². The van der Waals surface area contributed by atoms with Gasteiger partial charge in [-0.05, 0) is 19.9 Å². The highest BCUT2D eigenvalue weighted by molar-refractivity contribution is 4.95. The molecule has 0 radical (unpaired) electrons. The molecular formula is C12H20N4O. The van der Waals surface area contributed by atoms with Gasteiger partial charge in [-0.15, -0.1) is 16.9 Å². The molecule has 0 fully saturated rings.